The van der Waals surface area contributed by atoms with Crippen LogP contribution in [0.15, 0.2) is 48.5 Å². The van der Waals surface area contributed by atoms with E-state index in [1.807, 2.05) is 0 Å². The molecule has 150 valence electrons. The van der Waals surface area contributed by atoms with Crippen LogP contribution in [0, 0.1) is 0 Å². The molecule has 2 aromatic rings. The molecule has 2 N–H and O–H groups in total. The zero-order valence-corrected chi connectivity index (χ0v) is 16.9. The number of nitrogens with one attached hydrogen (secondary N) is 2. The second-order valence-electron chi connectivity index (χ2n) is 6.25. The van der Waals surface area contributed by atoms with Crippen molar-refractivity contribution in [1.82, 2.24) is 0 Å². The Labute approximate surface area is 164 Å². The minimum atomic E-state index is -3.39. The Balaban J connectivity index is 1.94. The van der Waals surface area contributed by atoms with Crippen LogP contribution in [-0.4, -0.2) is 40.9 Å². The highest BCUT2D eigenvalue weighted by atomic mass is 32.2. The smallest absolute Gasteiger partial charge is 0.229 e. The van der Waals surface area contributed by atoms with Crippen LogP contribution < -0.4 is 9.44 Å². The SMILES string of the molecule is CS(=O)(=O)Nc1ccc(C(=O)CCC(=O)c2ccc(NS(C)(=O)=O)cc2)cc1. The number of carbonyl (C=O) groups excluding carboxylic acids is 2. The van der Waals surface area contributed by atoms with E-state index in [9.17, 15) is 26.4 Å². The van der Waals surface area contributed by atoms with Crippen molar-refractivity contribution < 1.29 is 26.4 Å². The van der Waals surface area contributed by atoms with Crippen molar-refractivity contribution in [2.75, 3.05) is 22.0 Å². The molecule has 0 heterocycles. The third-order valence-electron chi connectivity index (χ3n) is 3.60. The van der Waals surface area contributed by atoms with E-state index in [1.54, 1.807) is 0 Å². The molecule has 0 aliphatic heterocycles. The van der Waals surface area contributed by atoms with E-state index in [4.69, 9.17) is 0 Å². The third-order valence-corrected chi connectivity index (χ3v) is 4.81. The van der Waals surface area contributed by atoms with E-state index in [0.29, 0.717) is 22.5 Å². The van der Waals surface area contributed by atoms with Crippen LogP contribution in [-0.2, 0) is 20.0 Å². The van der Waals surface area contributed by atoms with E-state index >= 15 is 0 Å². The van der Waals surface area contributed by atoms with E-state index < -0.39 is 20.0 Å². The monoisotopic (exact) mass is 424 g/mol. The highest BCUT2D eigenvalue weighted by Gasteiger charge is 2.12. The van der Waals surface area contributed by atoms with Gasteiger partial charge in [0.05, 0.1) is 12.5 Å². The van der Waals surface area contributed by atoms with Crippen molar-refractivity contribution in [3.8, 4) is 0 Å². The number of anilines is 2. The third kappa shape index (κ3) is 7.12. The van der Waals surface area contributed by atoms with Gasteiger partial charge in [0.1, 0.15) is 0 Å². The lowest BCUT2D eigenvalue weighted by atomic mass is 10.0. The Bertz CT molecular complexity index is 984. The fraction of sp³-hybridized carbons (Fsp3) is 0.222. The fourth-order valence-electron chi connectivity index (χ4n) is 2.39. The van der Waals surface area contributed by atoms with E-state index in [0.717, 1.165) is 12.5 Å². The topological polar surface area (TPSA) is 126 Å². The van der Waals surface area contributed by atoms with Crippen LogP contribution in [0.25, 0.3) is 0 Å². The number of carbonyl (C=O) groups is 2. The molecule has 0 fully saturated rings. The lowest BCUT2D eigenvalue weighted by molar-refractivity contribution is 0.0917. The Morgan fingerprint density at radius 2 is 0.929 bits per heavy atom. The lowest BCUT2D eigenvalue weighted by Gasteiger charge is -2.06. The van der Waals surface area contributed by atoms with Crippen molar-refractivity contribution in [2.45, 2.75) is 12.8 Å². The average Bonchev–Trinajstić information content (AvgIpc) is 2.58. The Morgan fingerprint density at radius 3 is 1.18 bits per heavy atom. The van der Waals surface area contributed by atoms with E-state index in [-0.39, 0.29) is 24.4 Å². The standard InChI is InChI=1S/C18H20N2O6S2/c1-27(23,24)19-15-7-3-13(4-8-15)17(21)11-12-18(22)14-5-9-16(10-6-14)20-28(2,25)26/h3-10,19-20H,11-12H2,1-2H3. The van der Waals surface area contributed by atoms with Crippen LogP contribution in [0.4, 0.5) is 11.4 Å². The van der Waals surface area contributed by atoms with Crippen LogP contribution in [0.5, 0.6) is 0 Å². The van der Waals surface area contributed by atoms with Gasteiger partial charge in [0.2, 0.25) is 20.0 Å². The molecule has 0 amide bonds. The number of Topliss-reactive ketones (excluding diaryl/α,β-unsaturated/α-hetero) is 2. The summed E-state index contributed by atoms with van der Waals surface area (Å²) in [5.41, 5.74) is 1.44. The van der Waals surface area contributed by atoms with Crippen molar-refractivity contribution in [3.63, 3.8) is 0 Å². The molecular weight excluding hydrogens is 404 g/mol. The number of ketones is 2. The summed E-state index contributed by atoms with van der Waals surface area (Å²) >= 11 is 0. The van der Waals surface area contributed by atoms with Gasteiger partial charge < -0.3 is 0 Å². The van der Waals surface area contributed by atoms with Gasteiger partial charge in [-0.1, -0.05) is 0 Å². The van der Waals surface area contributed by atoms with Crippen molar-refractivity contribution in [1.29, 1.82) is 0 Å². The van der Waals surface area contributed by atoms with Crippen molar-refractivity contribution >= 4 is 43.0 Å². The largest absolute Gasteiger partial charge is 0.294 e. The van der Waals surface area contributed by atoms with Gasteiger partial charge in [-0.2, -0.15) is 0 Å². The number of hydrogen-bond acceptors (Lipinski definition) is 6. The summed E-state index contributed by atoms with van der Waals surface area (Å²) in [6.45, 7) is 0. The first kappa shape index (κ1) is 21.6. The first-order valence-electron chi connectivity index (χ1n) is 8.15. The molecule has 0 atom stereocenters. The molecule has 8 nitrogen and oxygen atoms in total. The molecule has 2 aromatic carbocycles. The molecule has 28 heavy (non-hydrogen) atoms. The van der Waals surface area contributed by atoms with Gasteiger partial charge >= 0.3 is 0 Å². The number of benzene rings is 2. The average molecular weight is 425 g/mol. The normalized spacial score (nSPS) is 11.6. The van der Waals surface area contributed by atoms with Gasteiger partial charge in [-0.3, -0.25) is 19.0 Å². The summed E-state index contributed by atoms with van der Waals surface area (Å²) in [6, 6.07) is 11.9. The highest BCUT2D eigenvalue weighted by molar-refractivity contribution is 7.92. The van der Waals surface area contributed by atoms with Gasteiger partial charge in [0.25, 0.3) is 0 Å². The predicted molar refractivity (Wildman–Crippen MR) is 108 cm³/mol. The Kier molecular flexibility index (Phi) is 6.57. The van der Waals surface area contributed by atoms with Crippen LogP contribution >= 0.6 is 0 Å². The van der Waals surface area contributed by atoms with Crippen LogP contribution in [0.2, 0.25) is 0 Å². The van der Waals surface area contributed by atoms with E-state index in [1.165, 1.54) is 48.5 Å². The molecule has 0 spiro atoms. The maximum absolute atomic E-state index is 12.2. The second-order valence-corrected chi connectivity index (χ2v) is 9.75. The van der Waals surface area contributed by atoms with Crippen LogP contribution in [0.3, 0.4) is 0 Å². The molecule has 0 saturated carbocycles. The lowest BCUT2D eigenvalue weighted by Crippen LogP contribution is -2.10. The maximum atomic E-state index is 12.2. The summed E-state index contributed by atoms with van der Waals surface area (Å²) in [5, 5.41) is 0. The van der Waals surface area contributed by atoms with Gasteiger partial charge in [0.15, 0.2) is 11.6 Å². The molecule has 0 bridgehead atoms. The van der Waals surface area contributed by atoms with Gasteiger partial charge in [0, 0.05) is 35.3 Å². The highest BCUT2D eigenvalue weighted by Crippen LogP contribution is 2.16. The predicted octanol–water partition coefficient (Wildman–Crippen LogP) is 2.28. The Hall–Kier alpha value is -2.72. The molecule has 0 aromatic heterocycles. The van der Waals surface area contributed by atoms with Crippen molar-refractivity contribution in [3.05, 3.63) is 59.7 Å². The molecular formula is C18H20N2O6S2. The summed E-state index contributed by atoms with van der Waals surface area (Å²) in [6.07, 6.45) is 2.06. The zero-order chi connectivity index (χ0) is 20.9. The Morgan fingerprint density at radius 1 is 0.643 bits per heavy atom. The summed E-state index contributed by atoms with van der Waals surface area (Å²) in [7, 11) is -6.79. The molecule has 0 aliphatic rings. The number of rotatable bonds is 9. The number of hydrogen-bond donors (Lipinski definition) is 2. The summed E-state index contributed by atoms with van der Waals surface area (Å²) in [5.74, 6) is -0.482. The van der Waals surface area contributed by atoms with Gasteiger partial charge in [-0.05, 0) is 48.5 Å². The summed E-state index contributed by atoms with van der Waals surface area (Å²) < 4.78 is 49.3. The minimum Gasteiger partial charge on any atom is -0.294 e. The first-order chi connectivity index (χ1) is 12.9. The zero-order valence-electron chi connectivity index (χ0n) is 15.3. The molecule has 0 aliphatic carbocycles. The number of sulfonamides is 2. The fourth-order valence-corrected chi connectivity index (χ4v) is 3.52. The van der Waals surface area contributed by atoms with Gasteiger partial charge in [-0.15, -0.1) is 0 Å². The van der Waals surface area contributed by atoms with Crippen molar-refractivity contribution in [2.24, 2.45) is 0 Å². The van der Waals surface area contributed by atoms with E-state index in [2.05, 4.69) is 9.44 Å². The first-order valence-corrected chi connectivity index (χ1v) is 11.9. The molecule has 10 heteroatoms. The summed E-state index contributed by atoms with van der Waals surface area (Å²) in [4.78, 5) is 24.4. The molecule has 0 unspecified atom stereocenters. The van der Waals surface area contributed by atoms with Crippen LogP contribution in [0.1, 0.15) is 33.6 Å². The minimum absolute atomic E-state index is 0.00102. The second kappa shape index (κ2) is 8.53. The molecule has 0 radical (unpaired) electrons. The maximum Gasteiger partial charge on any atom is 0.229 e. The molecule has 2 rings (SSSR count). The van der Waals surface area contributed by atoms with Gasteiger partial charge in [-0.25, -0.2) is 16.8 Å². The molecule has 0 saturated heterocycles. The quantitative estimate of drug-likeness (QED) is 0.595.